The van der Waals surface area contributed by atoms with E-state index in [2.05, 4.69) is 14.4 Å². The van der Waals surface area contributed by atoms with Crippen LogP contribution in [0.15, 0.2) is 33.9 Å². The first-order valence-corrected chi connectivity index (χ1v) is 7.07. The third-order valence-corrected chi connectivity index (χ3v) is 4.22. The van der Waals surface area contributed by atoms with Gasteiger partial charge in [-0.3, -0.25) is 4.72 Å². The molecular formula is C12H12N2O5S. The van der Waals surface area contributed by atoms with E-state index in [4.69, 9.17) is 5.11 Å². The van der Waals surface area contributed by atoms with E-state index < -0.39 is 16.0 Å². The maximum Gasteiger partial charge on any atom is 0.335 e. The molecule has 0 atom stereocenters. The Kier molecular flexibility index (Phi) is 3.49. The Bertz CT molecular complexity index is 750. The summed E-state index contributed by atoms with van der Waals surface area (Å²) in [5.41, 5.74) is 0.884. The Hall–Kier alpha value is -2.35. The monoisotopic (exact) mass is 296 g/mol. The number of nitrogens with zero attached hydrogens (tertiary/aromatic N) is 1. The summed E-state index contributed by atoms with van der Waals surface area (Å²) in [5.74, 6) is -1.15. The SMILES string of the molecule is Cc1cc(C)c(S(=O)(=O)Nc2ccon2)cc1C(=O)O. The lowest BCUT2D eigenvalue weighted by Crippen LogP contribution is -2.16. The molecule has 0 unspecified atom stereocenters. The molecule has 2 rings (SSSR count). The lowest BCUT2D eigenvalue weighted by molar-refractivity contribution is 0.0696. The minimum absolute atomic E-state index is 0.0295. The number of aromatic nitrogens is 1. The molecule has 0 saturated carbocycles. The van der Waals surface area contributed by atoms with Gasteiger partial charge in [0.1, 0.15) is 6.26 Å². The Labute approximate surface area is 115 Å². The van der Waals surface area contributed by atoms with Crippen LogP contribution in [-0.2, 0) is 10.0 Å². The van der Waals surface area contributed by atoms with E-state index in [-0.39, 0.29) is 16.3 Å². The molecule has 1 aromatic carbocycles. The standard InChI is InChI=1S/C12H12N2O5S/c1-7-5-8(2)10(6-9(7)12(15)16)20(17,18)14-11-3-4-19-13-11/h3-6H,1-2H3,(H,13,14)(H,15,16). The Balaban J connectivity index is 2.51. The first kappa shape index (κ1) is 14.1. The van der Waals surface area contributed by atoms with Crippen molar-refractivity contribution in [3.05, 3.63) is 41.2 Å². The maximum absolute atomic E-state index is 12.2. The zero-order chi connectivity index (χ0) is 14.9. The van der Waals surface area contributed by atoms with E-state index in [0.29, 0.717) is 11.1 Å². The number of aryl methyl sites for hydroxylation is 2. The summed E-state index contributed by atoms with van der Waals surface area (Å²) in [4.78, 5) is 11.0. The van der Waals surface area contributed by atoms with Gasteiger partial charge in [-0.1, -0.05) is 11.2 Å². The number of hydrogen-bond acceptors (Lipinski definition) is 5. The predicted molar refractivity (Wildman–Crippen MR) is 70.2 cm³/mol. The minimum atomic E-state index is -3.92. The summed E-state index contributed by atoms with van der Waals surface area (Å²) in [6.45, 7) is 3.20. The fraction of sp³-hybridized carbons (Fsp3) is 0.167. The average molecular weight is 296 g/mol. The predicted octanol–water partition coefficient (Wildman–Crippen LogP) is 1.79. The highest BCUT2D eigenvalue weighted by Crippen LogP contribution is 2.22. The van der Waals surface area contributed by atoms with Crippen LogP contribution in [0.25, 0.3) is 0 Å². The summed E-state index contributed by atoms with van der Waals surface area (Å²) in [5, 5.41) is 12.5. The average Bonchev–Trinajstić information content (AvgIpc) is 2.79. The van der Waals surface area contributed by atoms with Crippen molar-refractivity contribution in [1.82, 2.24) is 5.16 Å². The number of carboxylic acid groups (broad SMARTS) is 1. The molecule has 1 heterocycles. The fourth-order valence-electron chi connectivity index (χ4n) is 1.81. The molecule has 1 aromatic heterocycles. The highest BCUT2D eigenvalue weighted by molar-refractivity contribution is 7.92. The van der Waals surface area contributed by atoms with Gasteiger partial charge in [-0.15, -0.1) is 0 Å². The van der Waals surface area contributed by atoms with E-state index in [1.54, 1.807) is 13.8 Å². The number of benzene rings is 1. The van der Waals surface area contributed by atoms with Gasteiger partial charge in [-0.05, 0) is 31.0 Å². The molecule has 20 heavy (non-hydrogen) atoms. The molecule has 0 aliphatic rings. The summed E-state index contributed by atoms with van der Waals surface area (Å²) in [6, 6.07) is 4.00. The van der Waals surface area contributed by atoms with Crippen LogP contribution in [0.5, 0.6) is 0 Å². The van der Waals surface area contributed by atoms with E-state index in [0.717, 1.165) is 6.07 Å². The van der Waals surface area contributed by atoms with Crippen LogP contribution in [-0.4, -0.2) is 24.7 Å². The normalized spacial score (nSPS) is 11.3. The summed E-state index contributed by atoms with van der Waals surface area (Å²) in [7, 11) is -3.92. The van der Waals surface area contributed by atoms with Gasteiger partial charge in [-0.25, -0.2) is 13.2 Å². The Morgan fingerprint density at radius 2 is 2.00 bits per heavy atom. The Morgan fingerprint density at radius 3 is 2.55 bits per heavy atom. The second kappa shape index (κ2) is 4.97. The third-order valence-electron chi connectivity index (χ3n) is 2.72. The number of sulfonamides is 1. The van der Waals surface area contributed by atoms with Crippen molar-refractivity contribution >= 4 is 21.8 Å². The van der Waals surface area contributed by atoms with Gasteiger partial charge in [-0.2, -0.15) is 0 Å². The highest BCUT2D eigenvalue weighted by atomic mass is 32.2. The van der Waals surface area contributed by atoms with Crippen LogP contribution < -0.4 is 4.72 Å². The third kappa shape index (κ3) is 2.64. The van der Waals surface area contributed by atoms with Crippen LogP contribution in [0.3, 0.4) is 0 Å². The molecule has 0 aliphatic heterocycles. The van der Waals surface area contributed by atoms with Crippen molar-refractivity contribution in [2.75, 3.05) is 4.72 Å². The maximum atomic E-state index is 12.2. The molecule has 2 N–H and O–H groups in total. The van der Waals surface area contributed by atoms with Crippen LogP contribution in [0.2, 0.25) is 0 Å². The molecule has 106 valence electrons. The minimum Gasteiger partial charge on any atom is -0.478 e. The zero-order valence-corrected chi connectivity index (χ0v) is 11.6. The molecule has 7 nitrogen and oxygen atoms in total. The van der Waals surface area contributed by atoms with Gasteiger partial charge in [0.15, 0.2) is 5.82 Å². The molecule has 0 bridgehead atoms. The van der Waals surface area contributed by atoms with Crippen molar-refractivity contribution in [3.63, 3.8) is 0 Å². The topological polar surface area (TPSA) is 110 Å². The second-order valence-electron chi connectivity index (χ2n) is 4.23. The molecule has 0 amide bonds. The summed E-state index contributed by atoms with van der Waals surface area (Å²) in [6.07, 6.45) is 1.22. The molecule has 8 heteroatoms. The highest BCUT2D eigenvalue weighted by Gasteiger charge is 2.21. The van der Waals surface area contributed by atoms with Crippen LogP contribution >= 0.6 is 0 Å². The van der Waals surface area contributed by atoms with Crippen LogP contribution in [0, 0.1) is 13.8 Å². The van der Waals surface area contributed by atoms with Gasteiger partial charge in [0.25, 0.3) is 10.0 Å². The number of carbonyl (C=O) groups is 1. The molecule has 0 saturated heterocycles. The molecular weight excluding hydrogens is 284 g/mol. The van der Waals surface area contributed by atoms with Crippen molar-refractivity contribution in [2.24, 2.45) is 0 Å². The quantitative estimate of drug-likeness (QED) is 0.890. The van der Waals surface area contributed by atoms with E-state index in [1.807, 2.05) is 0 Å². The van der Waals surface area contributed by atoms with Gasteiger partial charge in [0.05, 0.1) is 10.5 Å². The molecule has 2 aromatic rings. The molecule has 0 fully saturated rings. The lowest BCUT2D eigenvalue weighted by atomic mass is 10.1. The number of hydrogen-bond donors (Lipinski definition) is 2. The van der Waals surface area contributed by atoms with E-state index in [1.165, 1.54) is 18.4 Å². The van der Waals surface area contributed by atoms with E-state index in [9.17, 15) is 13.2 Å². The van der Waals surface area contributed by atoms with Crippen molar-refractivity contribution in [2.45, 2.75) is 18.7 Å². The summed E-state index contributed by atoms with van der Waals surface area (Å²) < 4.78 is 31.2. The van der Waals surface area contributed by atoms with Crippen LogP contribution in [0.4, 0.5) is 5.82 Å². The molecule has 0 radical (unpaired) electrons. The van der Waals surface area contributed by atoms with Gasteiger partial charge in [0.2, 0.25) is 0 Å². The first-order valence-electron chi connectivity index (χ1n) is 5.59. The first-order chi connectivity index (χ1) is 9.31. The largest absolute Gasteiger partial charge is 0.478 e. The zero-order valence-electron chi connectivity index (χ0n) is 10.7. The van der Waals surface area contributed by atoms with Gasteiger partial charge >= 0.3 is 5.97 Å². The number of carboxylic acids is 1. The molecule has 0 aliphatic carbocycles. The fourth-order valence-corrected chi connectivity index (χ4v) is 3.06. The Morgan fingerprint density at radius 1 is 1.30 bits per heavy atom. The lowest BCUT2D eigenvalue weighted by Gasteiger charge is -2.11. The number of aromatic carboxylic acids is 1. The van der Waals surface area contributed by atoms with Crippen LogP contribution in [0.1, 0.15) is 21.5 Å². The number of rotatable bonds is 4. The van der Waals surface area contributed by atoms with Crippen molar-refractivity contribution in [3.8, 4) is 0 Å². The van der Waals surface area contributed by atoms with Crippen molar-refractivity contribution < 1.29 is 22.8 Å². The number of nitrogens with one attached hydrogen (secondary N) is 1. The molecule has 0 spiro atoms. The van der Waals surface area contributed by atoms with E-state index >= 15 is 0 Å². The second-order valence-corrected chi connectivity index (χ2v) is 5.88. The van der Waals surface area contributed by atoms with Gasteiger partial charge in [0, 0.05) is 6.07 Å². The van der Waals surface area contributed by atoms with Gasteiger partial charge < -0.3 is 9.63 Å². The smallest absolute Gasteiger partial charge is 0.335 e. The summed E-state index contributed by atoms with van der Waals surface area (Å²) >= 11 is 0. The van der Waals surface area contributed by atoms with Crippen molar-refractivity contribution in [1.29, 1.82) is 0 Å². The number of anilines is 1.